The summed E-state index contributed by atoms with van der Waals surface area (Å²) in [5.41, 5.74) is 0. The molecular weight excluding hydrogens is 303 g/mol. The second-order valence-corrected chi connectivity index (χ2v) is 13.5. The van der Waals surface area contributed by atoms with Crippen LogP contribution in [0.4, 0.5) is 0 Å². The molecule has 0 aliphatic heterocycles. The molecule has 0 rings (SSSR count). The van der Waals surface area contributed by atoms with E-state index in [4.69, 9.17) is 9.05 Å². The molecule has 0 bridgehead atoms. The van der Waals surface area contributed by atoms with Crippen molar-refractivity contribution < 1.29 is 13.9 Å². The van der Waals surface area contributed by atoms with Gasteiger partial charge in [-0.3, -0.25) is 0 Å². The average molecular weight is 339 g/mol. The smallest absolute Gasteiger partial charge is 0.328 e. The molecule has 0 heterocycles. The van der Waals surface area contributed by atoms with E-state index < -0.39 is 8.60 Å². The van der Waals surface area contributed by atoms with E-state index in [2.05, 4.69) is 41.5 Å². The van der Waals surface area contributed by atoms with Crippen LogP contribution in [0.1, 0.15) is 67.2 Å². The van der Waals surface area contributed by atoms with Gasteiger partial charge >= 0.3 is 8.60 Å². The Kier molecular flexibility index (Phi) is 10.9. The molecule has 0 aromatic rings. The molecule has 0 aromatic heterocycles. The SMILES string of the molecule is CCCC[SiH2]C(C)(C)OP(O)OC(C)(C)[SiH2]CCCC. The lowest BCUT2D eigenvalue weighted by Gasteiger charge is -2.31. The normalized spacial score (nSPS) is 15.8. The highest BCUT2D eigenvalue weighted by molar-refractivity contribution is 7.40. The van der Waals surface area contributed by atoms with Crippen molar-refractivity contribution in [3.63, 3.8) is 0 Å². The van der Waals surface area contributed by atoms with Gasteiger partial charge in [-0.05, 0) is 27.7 Å². The summed E-state index contributed by atoms with van der Waals surface area (Å²) < 4.78 is 11.6. The summed E-state index contributed by atoms with van der Waals surface area (Å²) in [7, 11) is -2.37. The van der Waals surface area contributed by atoms with Gasteiger partial charge in [-0.2, -0.15) is 0 Å². The molecular formula is C14H35O3PSi2. The molecule has 0 aliphatic rings. The molecule has 0 atom stereocenters. The third-order valence-corrected chi connectivity index (χ3v) is 9.61. The number of hydrogen-bond acceptors (Lipinski definition) is 3. The Labute approximate surface area is 131 Å². The molecule has 6 heteroatoms. The molecule has 0 spiro atoms. The van der Waals surface area contributed by atoms with E-state index in [1.165, 1.54) is 37.8 Å². The molecule has 0 aliphatic carbocycles. The largest absolute Gasteiger partial charge is 0.330 e. The van der Waals surface area contributed by atoms with Crippen molar-refractivity contribution in [3.05, 3.63) is 0 Å². The third kappa shape index (κ3) is 11.4. The first-order chi connectivity index (χ1) is 9.22. The van der Waals surface area contributed by atoms with Gasteiger partial charge in [0.25, 0.3) is 0 Å². The number of hydrogen-bond donors (Lipinski definition) is 1. The Hall–Kier alpha value is 0.744. The van der Waals surface area contributed by atoms with Crippen LogP contribution in [0.3, 0.4) is 0 Å². The van der Waals surface area contributed by atoms with Crippen molar-refractivity contribution in [3.8, 4) is 0 Å². The van der Waals surface area contributed by atoms with Crippen LogP contribution in [0.2, 0.25) is 12.1 Å². The summed E-state index contributed by atoms with van der Waals surface area (Å²) in [6.07, 6.45) is 5.03. The molecule has 3 nitrogen and oxygen atoms in total. The highest BCUT2D eigenvalue weighted by Gasteiger charge is 2.29. The molecule has 0 saturated carbocycles. The number of rotatable bonds is 12. The molecule has 0 radical (unpaired) electrons. The molecule has 0 aromatic carbocycles. The molecule has 0 amide bonds. The zero-order valence-electron chi connectivity index (χ0n) is 14.4. The first-order valence-electron chi connectivity index (χ1n) is 8.09. The Morgan fingerprint density at radius 1 is 0.850 bits per heavy atom. The monoisotopic (exact) mass is 338 g/mol. The Morgan fingerprint density at radius 3 is 1.50 bits per heavy atom. The lowest BCUT2D eigenvalue weighted by molar-refractivity contribution is 0.0987. The Balaban J connectivity index is 4.08. The van der Waals surface area contributed by atoms with Crippen molar-refractivity contribution in [2.45, 2.75) is 89.8 Å². The van der Waals surface area contributed by atoms with Crippen LogP contribution in [0.15, 0.2) is 0 Å². The van der Waals surface area contributed by atoms with Gasteiger partial charge in [0, 0.05) is 0 Å². The van der Waals surface area contributed by atoms with Gasteiger partial charge in [0.05, 0.1) is 29.5 Å². The Morgan fingerprint density at radius 2 is 1.20 bits per heavy atom. The summed E-state index contributed by atoms with van der Waals surface area (Å²) in [5.74, 6) is 0. The molecule has 0 unspecified atom stereocenters. The first-order valence-corrected chi connectivity index (χ1v) is 12.6. The fourth-order valence-corrected chi connectivity index (χ4v) is 7.61. The third-order valence-electron chi connectivity index (χ3n) is 3.42. The first kappa shape index (κ1) is 20.7. The molecule has 20 heavy (non-hydrogen) atoms. The maximum atomic E-state index is 10.1. The maximum Gasteiger partial charge on any atom is 0.330 e. The Bertz CT molecular complexity index is 227. The summed E-state index contributed by atoms with van der Waals surface area (Å²) in [4.78, 5) is 10.1. The summed E-state index contributed by atoms with van der Waals surface area (Å²) in [6, 6.07) is 2.56. The molecule has 1 N–H and O–H groups in total. The minimum absolute atomic E-state index is 0.156. The second kappa shape index (κ2) is 10.5. The van der Waals surface area contributed by atoms with E-state index in [-0.39, 0.29) is 29.5 Å². The minimum atomic E-state index is -1.73. The van der Waals surface area contributed by atoms with Crippen LogP contribution >= 0.6 is 8.60 Å². The lowest BCUT2D eigenvalue weighted by atomic mass is 10.4. The average Bonchev–Trinajstić information content (AvgIpc) is 2.27. The molecule has 0 fully saturated rings. The quantitative estimate of drug-likeness (QED) is 0.336. The highest BCUT2D eigenvalue weighted by atomic mass is 31.2. The van der Waals surface area contributed by atoms with E-state index in [1.54, 1.807) is 0 Å². The van der Waals surface area contributed by atoms with Crippen molar-refractivity contribution in [2.24, 2.45) is 0 Å². The van der Waals surface area contributed by atoms with Crippen molar-refractivity contribution in [2.75, 3.05) is 0 Å². The van der Waals surface area contributed by atoms with Crippen LogP contribution in [-0.4, -0.2) is 34.4 Å². The zero-order valence-corrected chi connectivity index (χ0v) is 18.1. The van der Waals surface area contributed by atoms with Crippen LogP contribution < -0.4 is 0 Å². The van der Waals surface area contributed by atoms with Gasteiger partial charge < -0.3 is 13.9 Å². The maximum absolute atomic E-state index is 10.1. The van der Waals surface area contributed by atoms with E-state index in [0.29, 0.717) is 0 Å². The van der Waals surface area contributed by atoms with Gasteiger partial charge in [-0.15, -0.1) is 0 Å². The summed E-state index contributed by atoms with van der Waals surface area (Å²) in [5, 5.41) is -0.312. The van der Waals surface area contributed by atoms with Crippen LogP contribution in [-0.2, 0) is 9.05 Å². The topological polar surface area (TPSA) is 38.7 Å². The molecule has 0 saturated heterocycles. The molecule has 122 valence electrons. The van der Waals surface area contributed by atoms with Crippen LogP contribution in [0, 0.1) is 0 Å². The summed E-state index contributed by atoms with van der Waals surface area (Å²) in [6.45, 7) is 12.8. The van der Waals surface area contributed by atoms with Crippen LogP contribution in [0.25, 0.3) is 0 Å². The van der Waals surface area contributed by atoms with Crippen LogP contribution in [0.5, 0.6) is 0 Å². The minimum Gasteiger partial charge on any atom is -0.328 e. The van der Waals surface area contributed by atoms with Gasteiger partial charge in [0.2, 0.25) is 0 Å². The predicted molar refractivity (Wildman–Crippen MR) is 96.0 cm³/mol. The summed E-state index contributed by atoms with van der Waals surface area (Å²) >= 11 is 0. The van der Waals surface area contributed by atoms with E-state index in [9.17, 15) is 4.89 Å². The van der Waals surface area contributed by atoms with Crippen molar-refractivity contribution in [1.29, 1.82) is 0 Å². The lowest BCUT2D eigenvalue weighted by Crippen LogP contribution is -2.34. The van der Waals surface area contributed by atoms with E-state index >= 15 is 0 Å². The van der Waals surface area contributed by atoms with Crippen molar-refractivity contribution in [1.82, 2.24) is 0 Å². The predicted octanol–water partition coefficient (Wildman–Crippen LogP) is 3.49. The number of unbranched alkanes of at least 4 members (excludes halogenated alkanes) is 2. The van der Waals surface area contributed by atoms with Gasteiger partial charge in [-0.25, -0.2) is 0 Å². The van der Waals surface area contributed by atoms with Crippen molar-refractivity contribution >= 4 is 27.6 Å². The van der Waals surface area contributed by atoms with E-state index in [0.717, 1.165) is 0 Å². The van der Waals surface area contributed by atoms with Gasteiger partial charge in [0.15, 0.2) is 0 Å². The van der Waals surface area contributed by atoms with Gasteiger partial charge in [-0.1, -0.05) is 51.6 Å². The standard InChI is InChI=1S/C14H35O3PSi2/c1-7-9-11-19-13(3,4)16-18(15)17-14(5,6)20-12-10-8-2/h15H,7-12,19-20H2,1-6H3. The fourth-order valence-electron chi connectivity index (χ4n) is 2.13. The van der Waals surface area contributed by atoms with E-state index in [1.807, 2.05) is 0 Å². The highest BCUT2D eigenvalue weighted by Crippen LogP contribution is 2.42. The van der Waals surface area contributed by atoms with Gasteiger partial charge in [0.1, 0.15) is 0 Å². The zero-order chi connectivity index (χ0) is 15.6. The second-order valence-electron chi connectivity index (χ2n) is 6.85. The fraction of sp³-hybridized carbons (Fsp3) is 1.00.